The third kappa shape index (κ3) is 3.87. The number of nitrogens with zero attached hydrogens (tertiary/aromatic N) is 4. The highest BCUT2D eigenvalue weighted by molar-refractivity contribution is 5.91. The zero-order valence-corrected chi connectivity index (χ0v) is 13.7. The summed E-state index contributed by atoms with van der Waals surface area (Å²) >= 11 is 0. The van der Waals surface area contributed by atoms with Gasteiger partial charge in [-0.05, 0) is 24.6 Å². The van der Waals surface area contributed by atoms with Crippen molar-refractivity contribution >= 4 is 22.6 Å². The van der Waals surface area contributed by atoms with Gasteiger partial charge in [0.05, 0.1) is 17.3 Å². The highest BCUT2D eigenvalue weighted by Crippen LogP contribution is 2.20. The summed E-state index contributed by atoms with van der Waals surface area (Å²) in [6, 6.07) is 9.86. The van der Waals surface area contributed by atoms with E-state index < -0.39 is 0 Å². The average molecular weight is 332 g/mol. The Morgan fingerprint density at radius 1 is 1.24 bits per heavy atom. The Hall–Kier alpha value is -3.53. The smallest absolute Gasteiger partial charge is 0.271 e. The van der Waals surface area contributed by atoms with Crippen LogP contribution in [0.2, 0.25) is 0 Å². The van der Waals surface area contributed by atoms with Crippen LogP contribution in [0.1, 0.15) is 21.6 Å². The molecule has 25 heavy (non-hydrogen) atoms. The lowest BCUT2D eigenvalue weighted by Crippen LogP contribution is -2.29. The van der Waals surface area contributed by atoms with Crippen LogP contribution in [-0.2, 0) is 0 Å². The number of fused-ring (bicyclic) bond motifs is 1. The summed E-state index contributed by atoms with van der Waals surface area (Å²) in [6.45, 7) is 2.80. The summed E-state index contributed by atoms with van der Waals surface area (Å²) in [4.78, 5) is 24.2. The van der Waals surface area contributed by atoms with Crippen molar-refractivity contribution in [2.75, 3.05) is 18.4 Å². The van der Waals surface area contributed by atoms with Gasteiger partial charge >= 0.3 is 0 Å². The lowest BCUT2D eigenvalue weighted by atomic mass is 10.1. The number of hydrogen-bond acceptors (Lipinski definition) is 6. The van der Waals surface area contributed by atoms with E-state index in [-0.39, 0.29) is 11.6 Å². The molecule has 3 aromatic rings. The van der Waals surface area contributed by atoms with E-state index in [1.165, 1.54) is 18.6 Å². The van der Waals surface area contributed by atoms with Crippen LogP contribution in [0.4, 0.5) is 5.82 Å². The number of pyridine rings is 1. The number of rotatable bonds is 5. The molecule has 0 bridgehead atoms. The predicted octanol–water partition coefficient (Wildman–Crippen LogP) is 2.05. The van der Waals surface area contributed by atoms with Crippen molar-refractivity contribution in [1.29, 1.82) is 5.26 Å². The van der Waals surface area contributed by atoms with E-state index in [0.29, 0.717) is 24.5 Å². The Kier molecular flexibility index (Phi) is 4.81. The van der Waals surface area contributed by atoms with Crippen molar-refractivity contribution in [3.63, 3.8) is 0 Å². The van der Waals surface area contributed by atoms with Gasteiger partial charge in [0.25, 0.3) is 5.91 Å². The van der Waals surface area contributed by atoms with Crippen molar-refractivity contribution in [2.24, 2.45) is 0 Å². The normalized spacial score (nSPS) is 10.2. The first-order chi connectivity index (χ1) is 12.2. The van der Waals surface area contributed by atoms with Gasteiger partial charge < -0.3 is 10.6 Å². The van der Waals surface area contributed by atoms with Gasteiger partial charge in [0.1, 0.15) is 17.6 Å². The third-order valence-corrected chi connectivity index (χ3v) is 3.59. The number of nitrogens with one attached hydrogen (secondary N) is 2. The molecule has 2 heterocycles. The van der Waals surface area contributed by atoms with Crippen LogP contribution < -0.4 is 10.6 Å². The van der Waals surface area contributed by atoms with Gasteiger partial charge in [-0.25, -0.2) is 9.97 Å². The topological polar surface area (TPSA) is 104 Å². The first kappa shape index (κ1) is 16.3. The van der Waals surface area contributed by atoms with E-state index in [9.17, 15) is 10.1 Å². The molecule has 7 nitrogen and oxygen atoms in total. The summed E-state index contributed by atoms with van der Waals surface area (Å²) in [6.07, 6.45) is 4.38. The van der Waals surface area contributed by atoms with E-state index in [1.54, 1.807) is 0 Å². The highest BCUT2D eigenvalue weighted by atomic mass is 16.1. The maximum Gasteiger partial charge on any atom is 0.271 e. The molecule has 2 aromatic heterocycles. The zero-order valence-electron chi connectivity index (χ0n) is 13.7. The monoisotopic (exact) mass is 332 g/mol. The van der Waals surface area contributed by atoms with Gasteiger partial charge in [0, 0.05) is 30.9 Å². The SMILES string of the molecule is Cc1ccc2cc(C#N)c(NCCNC(=O)c3cnccn3)nc2c1. The molecule has 124 valence electrons. The quantitative estimate of drug-likeness (QED) is 0.693. The number of aromatic nitrogens is 3. The minimum atomic E-state index is -0.294. The Labute approximate surface area is 144 Å². The molecular weight excluding hydrogens is 316 g/mol. The van der Waals surface area contributed by atoms with Gasteiger partial charge in [0.15, 0.2) is 0 Å². The van der Waals surface area contributed by atoms with E-state index >= 15 is 0 Å². The molecule has 0 radical (unpaired) electrons. The fourth-order valence-corrected chi connectivity index (χ4v) is 2.36. The van der Waals surface area contributed by atoms with Crippen LogP contribution in [0.15, 0.2) is 42.9 Å². The summed E-state index contributed by atoms with van der Waals surface area (Å²) in [5, 5.41) is 16.1. The summed E-state index contributed by atoms with van der Waals surface area (Å²) in [5.41, 5.74) is 2.66. The molecule has 0 atom stereocenters. The van der Waals surface area contributed by atoms with Crippen molar-refractivity contribution in [3.8, 4) is 6.07 Å². The predicted molar refractivity (Wildman–Crippen MR) is 94.0 cm³/mol. The Balaban J connectivity index is 1.65. The summed E-state index contributed by atoms with van der Waals surface area (Å²) in [5.74, 6) is 0.215. The van der Waals surface area contributed by atoms with E-state index in [1.807, 2.05) is 31.2 Å². The first-order valence-electron chi connectivity index (χ1n) is 7.77. The number of nitriles is 1. The largest absolute Gasteiger partial charge is 0.367 e. The molecule has 2 N–H and O–H groups in total. The minimum absolute atomic E-state index is 0.263. The molecule has 1 amide bonds. The molecule has 0 aliphatic carbocycles. The molecule has 1 aromatic carbocycles. The molecule has 0 spiro atoms. The number of amides is 1. The molecule has 0 saturated heterocycles. The second-order valence-corrected chi connectivity index (χ2v) is 5.47. The number of hydrogen-bond donors (Lipinski definition) is 2. The minimum Gasteiger partial charge on any atom is -0.367 e. The highest BCUT2D eigenvalue weighted by Gasteiger charge is 2.08. The molecule has 0 saturated carbocycles. The molecule has 0 fully saturated rings. The number of benzene rings is 1. The fraction of sp³-hybridized carbons (Fsp3) is 0.167. The summed E-state index contributed by atoms with van der Waals surface area (Å²) in [7, 11) is 0. The van der Waals surface area contributed by atoms with E-state index in [2.05, 4.69) is 31.7 Å². The molecule has 0 aliphatic heterocycles. The number of carbonyl (C=O) groups excluding carboxylic acids is 1. The number of anilines is 1. The van der Waals surface area contributed by atoms with Gasteiger partial charge in [-0.15, -0.1) is 0 Å². The molecule has 0 unspecified atom stereocenters. The second kappa shape index (κ2) is 7.36. The van der Waals surface area contributed by atoms with E-state index in [0.717, 1.165) is 16.5 Å². The Morgan fingerprint density at radius 2 is 2.12 bits per heavy atom. The molecule has 7 heteroatoms. The van der Waals surface area contributed by atoms with Crippen LogP contribution in [0.25, 0.3) is 10.9 Å². The summed E-state index contributed by atoms with van der Waals surface area (Å²) < 4.78 is 0. The fourth-order valence-electron chi connectivity index (χ4n) is 2.36. The van der Waals surface area contributed by atoms with Gasteiger partial charge in [-0.2, -0.15) is 5.26 Å². The van der Waals surface area contributed by atoms with E-state index in [4.69, 9.17) is 0 Å². The van der Waals surface area contributed by atoms with Crippen molar-refractivity contribution < 1.29 is 4.79 Å². The first-order valence-corrected chi connectivity index (χ1v) is 7.77. The number of carbonyl (C=O) groups is 1. The maximum atomic E-state index is 11.9. The van der Waals surface area contributed by atoms with Crippen LogP contribution in [-0.4, -0.2) is 33.9 Å². The second-order valence-electron chi connectivity index (χ2n) is 5.47. The van der Waals surface area contributed by atoms with Crippen molar-refractivity contribution in [3.05, 3.63) is 59.7 Å². The molecule has 0 aliphatic rings. The van der Waals surface area contributed by atoms with Crippen LogP contribution in [0.5, 0.6) is 0 Å². The zero-order chi connectivity index (χ0) is 17.6. The Morgan fingerprint density at radius 3 is 2.88 bits per heavy atom. The third-order valence-electron chi connectivity index (χ3n) is 3.59. The lowest BCUT2D eigenvalue weighted by molar-refractivity contribution is 0.0950. The average Bonchev–Trinajstić information content (AvgIpc) is 2.65. The van der Waals surface area contributed by atoms with Crippen LogP contribution in [0.3, 0.4) is 0 Å². The van der Waals surface area contributed by atoms with Crippen LogP contribution in [0, 0.1) is 18.3 Å². The lowest BCUT2D eigenvalue weighted by Gasteiger charge is -2.10. The van der Waals surface area contributed by atoms with Crippen LogP contribution >= 0.6 is 0 Å². The van der Waals surface area contributed by atoms with Crippen molar-refractivity contribution in [1.82, 2.24) is 20.3 Å². The van der Waals surface area contributed by atoms with Gasteiger partial charge in [0.2, 0.25) is 0 Å². The molecule has 3 rings (SSSR count). The van der Waals surface area contributed by atoms with Gasteiger partial charge in [-0.3, -0.25) is 9.78 Å². The standard InChI is InChI=1S/C18H16N6O/c1-12-2-3-13-9-14(10-19)17(24-15(13)8-12)22-6-7-23-18(25)16-11-20-4-5-21-16/h2-5,8-9,11H,6-7H2,1H3,(H,22,24)(H,23,25). The Bertz CT molecular complexity index is 949. The van der Waals surface area contributed by atoms with Crippen molar-refractivity contribution in [2.45, 2.75) is 6.92 Å². The van der Waals surface area contributed by atoms with Gasteiger partial charge in [-0.1, -0.05) is 12.1 Å². The number of aryl methyl sites for hydroxylation is 1. The molecular formula is C18H16N6O. The maximum absolute atomic E-state index is 11.9.